The van der Waals surface area contributed by atoms with Gasteiger partial charge >= 0.3 is 0 Å². The van der Waals surface area contributed by atoms with Gasteiger partial charge in [0.1, 0.15) is 0 Å². The van der Waals surface area contributed by atoms with Crippen molar-refractivity contribution in [3.8, 4) is 0 Å². The lowest BCUT2D eigenvalue weighted by molar-refractivity contribution is 1.13. The third-order valence-corrected chi connectivity index (χ3v) is 2.69. The monoisotopic (exact) mass is 242 g/mol. The van der Waals surface area contributed by atoms with E-state index in [1.54, 1.807) is 0 Å². The van der Waals surface area contributed by atoms with E-state index in [0.717, 1.165) is 17.1 Å². The summed E-state index contributed by atoms with van der Waals surface area (Å²) in [7, 11) is 4.02. The van der Waals surface area contributed by atoms with Crippen LogP contribution in [0.15, 0.2) is 36.4 Å². The summed E-state index contributed by atoms with van der Waals surface area (Å²) in [4.78, 5) is 6.45. The minimum Gasteiger partial charge on any atom is -0.396 e. The minimum absolute atomic E-state index is 0.649. The number of hydrogen-bond acceptors (Lipinski definition) is 4. The van der Waals surface area contributed by atoms with Crippen molar-refractivity contribution in [3.05, 3.63) is 42.1 Å². The van der Waals surface area contributed by atoms with Crippen LogP contribution in [0.1, 0.15) is 5.69 Å². The first-order valence-electron chi connectivity index (χ1n) is 5.84. The van der Waals surface area contributed by atoms with E-state index in [1.807, 2.05) is 45.3 Å². The molecule has 3 N–H and O–H groups in total. The molecule has 0 unspecified atom stereocenters. The SMILES string of the molecule is Cc1ccc(N)c(Nc2cccc(N(C)C)c2)n1. The highest BCUT2D eigenvalue weighted by Gasteiger charge is 2.03. The Kier molecular flexibility index (Phi) is 3.37. The number of nitrogens with one attached hydrogen (secondary N) is 1. The molecule has 0 saturated carbocycles. The van der Waals surface area contributed by atoms with Gasteiger partial charge in [-0.3, -0.25) is 0 Å². The average Bonchev–Trinajstić information content (AvgIpc) is 2.34. The van der Waals surface area contributed by atoms with Gasteiger partial charge in [0.25, 0.3) is 0 Å². The molecule has 1 heterocycles. The van der Waals surface area contributed by atoms with Crippen LogP contribution in [0.2, 0.25) is 0 Å². The Morgan fingerprint density at radius 2 is 1.94 bits per heavy atom. The zero-order valence-corrected chi connectivity index (χ0v) is 10.9. The van der Waals surface area contributed by atoms with Crippen LogP contribution >= 0.6 is 0 Å². The summed E-state index contributed by atoms with van der Waals surface area (Å²) in [5, 5.41) is 3.25. The van der Waals surface area contributed by atoms with E-state index >= 15 is 0 Å². The number of aryl methyl sites for hydroxylation is 1. The summed E-state index contributed by atoms with van der Waals surface area (Å²) in [5.74, 6) is 0.700. The number of aromatic nitrogens is 1. The molecule has 0 bridgehead atoms. The van der Waals surface area contributed by atoms with Crippen molar-refractivity contribution >= 4 is 22.9 Å². The lowest BCUT2D eigenvalue weighted by atomic mass is 10.2. The van der Waals surface area contributed by atoms with Gasteiger partial charge in [-0.2, -0.15) is 0 Å². The number of hydrogen-bond donors (Lipinski definition) is 2. The van der Waals surface area contributed by atoms with Gasteiger partial charge in [0.05, 0.1) is 5.69 Å². The predicted molar refractivity (Wildman–Crippen MR) is 77.4 cm³/mol. The van der Waals surface area contributed by atoms with E-state index < -0.39 is 0 Å². The smallest absolute Gasteiger partial charge is 0.153 e. The van der Waals surface area contributed by atoms with Crippen molar-refractivity contribution in [2.45, 2.75) is 6.92 Å². The van der Waals surface area contributed by atoms with E-state index in [9.17, 15) is 0 Å². The Morgan fingerprint density at radius 3 is 2.67 bits per heavy atom. The molecule has 1 aromatic heterocycles. The second kappa shape index (κ2) is 4.96. The minimum atomic E-state index is 0.649. The molecule has 94 valence electrons. The molecule has 4 heteroatoms. The summed E-state index contributed by atoms with van der Waals surface area (Å²) < 4.78 is 0. The Labute approximate surface area is 107 Å². The van der Waals surface area contributed by atoms with Crippen molar-refractivity contribution < 1.29 is 0 Å². The molecular weight excluding hydrogens is 224 g/mol. The molecule has 0 radical (unpaired) electrons. The van der Waals surface area contributed by atoms with Gasteiger partial charge in [-0.25, -0.2) is 4.98 Å². The third-order valence-electron chi connectivity index (χ3n) is 2.69. The molecule has 0 amide bonds. The Morgan fingerprint density at radius 1 is 1.17 bits per heavy atom. The maximum absolute atomic E-state index is 5.90. The molecule has 0 aliphatic carbocycles. The molecule has 1 aromatic carbocycles. The number of rotatable bonds is 3. The van der Waals surface area contributed by atoms with Gasteiger partial charge in [-0.15, -0.1) is 0 Å². The van der Waals surface area contributed by atoms with Crippen LogP contribution in [0.5, 0.6) is 0 Å². The molecule has 2 rings (SSSR count). The summed E-state index contributed by atoms with van der Waals surface area (Å²) in [6, 6.07) is 11.9. The maximum atomic E-state index is 5.90. The molecule has 0 spiro atoms. The summed E-state index contributed by atoms with van der Waals surface area (Å²) >= 11 is 0. The number of nitrogens with zero attached hydrogens (tertiary/aromatic N) is 2. The van der Waals surface area contributed by atoms with Crippen LogP contribution < -0.4 is 16.0 Å². The van der Waals surface area contributed by atoms with Crippen molar-refractivity contribution in [1.82, 2.24) is 4.98 Å². The Balaban J connectivity index is 2.28. The third kappa shape index (κ3) is 2.71. The largest absolute Gasteiger partial charge is 0.396 e. The van der Waals surface area contributed by atoms with E-state index in [2.05, 4.69) is 27.3 Å². The number of anilines is 4. The molecule has 4 nitrogen and oxygen atoms in total. The van der Waals surface area contributed by atoms with Crippen LogP contribution in [-0.2, 0) is 0 Å². The average molecular weight is 242 g/mol. The molecular formula is C14H18N4. The lowest BCUT2D eigenvalue weighted by Gasteiger charge is -2.15. The molecule has 2 aromatic rings. The number of benzene rings is 1. The van der Waals surface area contributed by atoms with E-state index in [-0.39, 0.29) is 0 Å². The lowest BCUT2D eigenvalue weighted by Crippen LogP contribution is -2.08. The highest BCUT2D eigenvalue weighted by molar-refractivity contribution is 5.70. The van der Waals surface area contributed by atoms with Gasteiger partial charge in [0, 0.05) is 31.2 Å². The van der Waals surface area contributed by atoms with Gasteiger partial charge in [0.15, 0.2) is 5.82 Å². The quantitative estimate of drug-likeness (QED) is 0.869. The number of pyridine rings is 1. The van der Waals surface area contributed by atoms with Crippen LogP contribution in [0.3, 0.4) is 0 Å². The predicted octanol–water partition coefficient (Wildman–Crippen LogP) is 2.78. The van der Waals surface area contributed by atoms with Gasteiger partial charge in [-0.05, 0) is 37.3 Å². The zero-order valence-electron chi connectivity index (χ0n) is 10.9. The fourth-order valence-corrected chi connectivity index (χ4v) is 1.67. The van der Waals surface area contributed by atoms with Crippen LogP contribution in [-0.4, -0.2) is 19.1 Å². The molecule has 18 heavy (non-hydrogen) atoms. The summed E-state index contributed by atoms with van der Waals surface area (Å²) in [5.41, 5.74) is 9.60. The molecule has 0 atom stereocenters. The standard InChI is InChI=1S/C14H18N4/c1-10-7-8-13(15)14(16-10)17-11-5-4-6-12(9-11)18(2)3/h4-9H,15H2,1-3H3,(H,16,17). The summed E-state index contributed by atoms with van der Waals surface area (Å²) in [6.45, 7) is 1.95. The second-order valence-corrected chi connectivity index (χ2v) is 4.46. The van der Waals surface area contributed by atoms with Gasteiger partial charge < -0.3 is 16.0 Å². The Bertz CT molecular complexity index is 549. The van der Waals surface area contributed by atoms with Crippen LogP contribution in [0.25, 0.3) is 0 Å². The van der Waals surface area contributed by atoms with Gasteiger partial charge in [-0.1, -0.05) is 6.07 Å². The first-order valence-corrected chi connectivity index (χ1v) is 5.84. The molecule has 0 aliphatic rings. The highest BCUT2D eigenvalue weighted by atomic mass is 15.1. The van der Waals surface area contributed by atoms with E-state index in [0.29, 0.717) is 11.5 Å². The molecule has 0 aliphatic heterocycles. The zero-order chi connectivity index (χ0) is 13.1. The van der Waals surface area contributed by atoms with E-state index in [1.165, 1.54) is 0 Å². The first kappa shape index (κ1) is 12.2. The highest BCUT2D eigenvalue weighted by Crippen LogP contribution is 2.23. The molecule has 0 fully saturated rings. The van der Waals surface area contributed by atoms with Crippen molar-refractivity contribution in [1.29, 1.82) is 0 Å². The Hall–Kier alpha value is -2.23. The number of nitrogens with two attached hydrogens (primary N) is 1. The van der Waals surface area contributed by atoms with Crippen LogP contribution in [0, 0.1) is 6.92 Å². The number of nitrogen functional groups attached to an aromatic ring is 1. The van der Waals surface area contributed by atoms with Crippen molar-refractivity contribution in [2.75, 3.05) is 30.0 Å². The fourth-order valence-electron chi connectivity index (χ4n) is 1.67. The molecule has 0 saturated heterocycles. The normalized spacial score (nSPS) is 10.2. The van der Waals surface area contributed by atoms with Crippen molar-refractivity contribution in [2.24, 2.45) is 0 Å². The summed E-state index contributed by atoms with van der Waals surface area (Å²) in [6.07, 6.45) is 0. The van der Waals surface area contributed by atoms with Gasteiger partial charge in [0.2, 0.25) is 0 Å². The maximum Gasteiger partial charge on any atom is 0.153 e. The van der Waals surface area contributed by atoms with Crippen LogP contribution in [0.4, 0.5) is 22.9 Å². The van der Waals surface area contributed by atoms with Crippen molar-refractivity contribution in [3.63, 3.8) is 0 Å². The first-order chi connectivity index (χ1) is 8.56. The van der Waals surface area contributed by atoms with E-state index in [4.69, 9.17) is 5.73 Å². The second-order valence-electron chi connectivity index (χ2n) is 4.46. The fraction of sp³-hybridized carbons (Fsp3) is 0.214. The topological polar surface area (TPSA) is 54.2 Å².